The average molecular weight is 370 g/mol. The fourth-order valence-corrected chi connectivity index (χ4v) is 4.61. The first-order valence-corrected chi connectivity index (χ1v) is 9.49. The second-order valence-corrected chi connectivity index (χ2v) is 7.65. The van der Waals surface area contributed by atoms with Crippen LogP contribution in [0.15, 0.2) is 41.4 Å². The quantitative estimate of drug-likeness (QED) is 0.802. The predicted octanol–water partition coefficient (Wildman–Crippen LogP) is 2.07. The molecule has 0 saturated carbocycles. The van der Waals surface area contributed by atoms with Crippen molar-refractivity contribution in [2.45, 2.75) is 19.4 Å². The lowest BCUT2D eigenvalue weighted by molar-refractivity contribution is 0.0319. The molecule has 2 aromatic rings. The summed E-state index contributed by atoms with van der Waals surface area (Å²) in [5.74, 6) is 1.45. The fraction of sp³-hybridized carbons (Fsp3) is 0.550. The van der Waals surface area contributed by atoms with Crippen LogP contribution in [0.1, 0.15) is 29.1 Å². The molecule has 27 heavy (non-hydrogen) atoms. The van der Waals surface area contributed by atoms with Gasteiger partial charge in [-0.15, -0.1) is 0 Å². The highest BCUT2D eigenvalue weighted by Crippen LogP contribution is 2.45. The van der Waals surface area contributed by atoms with E-state index in [4.69, 9.17) is 9.15 Å². The van der Waals surface area contributed by atoms with Crippen LogP contribution >= 0.6 is 0 Å². The summed E-state index contributed by atoms with van der Waals surface area (Å²) in [5, 5.41) is 0. The first-order valence-electron chi connectivity index (χ1n) is 9.49. The van der Waals surface area contributed by atoms with Gasteiger partial charge in [0.1, 0.15) is 11.5 Å². The molecule has 2 saturated heterocycles. The van der Waals surface area contributed by atoms with E-state index in [1.807, 2.05) is 17.0 Å². The van der Waals surface area contributed by atoms with Crippen molar-refractivity contribution in [3.05, 3.63) is 48.4 Å². The van der Waals surface area contributed by atoms with Crippen molar-refractivity contribution in [1.82, 2.24) is 19.8 Å². The van der Waals surface area contributed by atoms with E-state index in [1.54, 1.807) is 32.0 Å². The highest BCUT2D eigenvalue weighted by Gasteiger charge is 2.48. The highest BCUT2D eigenvalue weighted by molar-refractivity contribution is 5.92. The molecular formula is C20H26N4O3. The smallest absolute Gasteiger partial charge is 0.274 e. The molecule has 2 aromatic heterocycles. The number of aromatic nitrogens is 2. The van der Waals surface area contributed by atoms with E-state index < -0.39 is 0 Å². The minimum Gasteiger partial charge on any atom is -0.468 e. The van der Waals surface area contributed by atoms with Gasteiger partial charge in [0.05, 0.1) is 25.6 Å². The van der Waals surface area contributed by atoms with Crippen molar-refractivity contribution in [3.63, 3.8) is 0 Å². The number of likely N-dealkylation sites (tertiary alicyclic amines) is 2. The Morgan fingerprint density at radius 2 is 2.22 bits per heavy atom. The highest BCUT2D eigenvalue weighted by atomic mass is 16.5. The largest absolute Gasteiger partial charge is 0.468 e. The Balaban J connectivity index is 1.42. The predicted molar refractivity (Wildman–Crippen MR) is 99.0 cm³/mol. The molecule has 0 aliphatic carbocycles. The van der Waals surface area contributed by atoms with Gasteiger partial charge in [0.2, 0.25) is 0 Å². The van der Waals surface area contributed by atoms with E-state index in [0.29, 0.717) is 11.6 Å². The maximum Gasteiger partial charge on any atom is 0.274 e. The van der Waals surface area contributed by atoms with Crippen molar-refractivity contribution in [2.75, 3.05) is 39.9 Å². The molecule has 2 aliphatic heterocycles. The molecule has 0 unspecified atom stereocenters. The topological polar surface area (TPSA) is 71.7 Å². The molecular weight excluding hydrogens is 344 g/mol. The first kappa shape index (κ1) is 18.1. The van der Waals surface area contributed by atoms with Crippen molar-refractivity contribution in [1.29, 1.82) is 0 Å². The van der Waals surface area contributed by atoms with Crippen LogP contribution in [0.3, 0.4) is 0 Å². The first-order chi connectivity index (χ1) is 13.2. The lowest BCUT2D eigenvalue weighted by atomic mass is 9.71. The van der Waals surface area contributed by atoms with Gasteiger partial charge in [-0.1, -0.05) is 0 Å². The summed E-state index contributed by atoms with van der Waals surface area (Å²) < 4.78 is 11.1. The van der Waals surface area contributed by atoms with Crippen LogP contribution < -0.4 is 0 Å². The van der Waals surface area contributed by atoms with Crippen molar-refractivity contribution < 1.29 is 13.9 Å². The molecule has 4 heterocycles. The van der Waals surface area contributed by atoms with Crippen LogP contribution in [0.25, 0.3) is 0 Å². The third kappa shape index (κ3) is 3.75. The van der Waals surface area contributed by atoms with E-state index >= 15 is 0 Å². The number of furan rings is 1. The molecule has 144 valence electrons. The molecule has 2 aliphatic rings. The molecule has 4 rings (SSSR count). The maximum absolute atomic E-state index is 12.7. The summed E-state index contributed by atoms with van der Waals surface area (Å²) in [6.45, 7) is 5.12. The minimum absolute atomic E-state index is 0.0216. The summed E-state index contributed by atoms with van der Waals surface area (Å²) >= 11 is 0. The van der Waals surface area contributed by atoms with E-state index in [9.17, 15) is 4.79 Å². The molecule has 1 spiro atoms. The van der Waals surface area contributed by atoms with Gasteiger partial charge in [0.15, 0.2) is 0 Å². The second kappa shape index (κ2) is 7.78. The van der Waals surface area contributed by atoms with Gasteiger partial charge < -0.3 is 14.1 Å². The lowest BCUT2D eigenvalue weighted by Gasteiger charge is -2.42. The fourth-order valence-electron chi connectivity index (χ4n) is 4.61. The molecule has 7 nitrogen and oxygen atoms in total. The summed E-state index contributed by atoms with van der Waals surface area (Å²) in [4.78, 5) is 25.2. The average Bonchev–Trinajstić information content (AvgIpc) is 3.32. The molecule has 2 fully saturated rings. The van der Waals surface area contributed by atoms with Gasteiger partial charge in [-0.3, -0.25) is 14.7 Å². The van der Waals surface area contributed by atoms with Crippen molar-refractivity contribution in [2.24, 2.45) is 11.3 Å². The molecule has 0 N–H and O–H groups in total. The standard InChI is InChI=1S/C20H26N4O3/c1-26-14-16-12-23(13-17-3-2-10-27-17)15-20(16)4-8-24(9-5-20)19(25)18-11-21-6-7-22-18/h2-3,6-7,10-11,16H,4-5,8-9,12-15H2,1H3/t16-/m1/s1. The number of hydrogen-bond acceptors (Lipinski definition) is 6. The number of amides is 1. The molecule has 1 atom stereocenters. The minimum atomic E-state index is -0.0216. The van der Waals surface area contributed by atoms with Gasteiger partial charge in [0.25, 0.3) is 5.91 Å². The summed E-state index contributed by atoms with van der Waals surface area (Å²) in [6, 6.07) is 3.96. The van der Waals surface area contributed by atoms with E-state index in [2.05, 4.69) is 14.9 Å². The summed E-state index contributed by atoms with van der Waals surface area (Å²) in [5.41, 5.74) is 0.620. The zero-order chi connectivity index (χ0) is 18.7. The molecule has 0 aromatic carbocycles. The Labute approximate surface area is 159 Å². The van der Waals surface area contributed by atoms with Crippen LogP contribution in [-0.2, 0) is 11.3 Å². The Kier molecular flexibility index (Phi) is 5.22. The Bertz CT molecular complexity index is 742. The Morgan fingerprint density at radius 1 is 1.37 bits per heavy atom. The Hall–Kier alpha value is -2.25. The number of carbonyl (C=O) groups excluding carboxylic acids is 1. The third-order valence-electron chi connectivity index (χ3n) is 6.04. The molecule has 0 radical (unpaired) electrons. The monoisotopic (exact) mass is 370 g/mol. The normalized spacial score (nSPS) is 22.4. The maximum atomic E-state index is 12.7. The van der Waals surface area contributed by atoms with Gasteiger partial charge in [-0.05, 0) is 30.4 Å². The SMILES string of the molecule is COC[C@H]1CN(Cc2ccco2)CC12CCN(C(=O)c1cnccn1)CC2. The second-order valence-electron chi connectivity index (χ2n) is 7.65. The molecule has 0 bridgehead atoms. The number of nitrogens with zero attached hydrogens (tertiary/aromatic N) is 4. The van der Waals surface area contributed by atoms with Gasteiger partial charge in [0, 0.05) is 51.6 Å². The van der Waals surface area contributed by atoms with Gasteiger partial charge >= 0.3 is 0 Å². The molecule has 7 heteroatoms. The van der Waals surface area contributed by atoms with Crippen molar-refractivity contribution in [3.8, 4) is 0 Å². The lowest BCUT2D eigenvalue weighted by Crippen LogP contribution is -2.47. The number of hydrogen-bond donors (Lipinski definition) is 0. The third-order valence-corrected chi connectivity index (χ3v) is 6.04. The van der Waals surface area contributed by atoms with E-state index in [0.717, 1.165) is 57.9 Å². The number of piperidine rings is 1. The zero-order valence-corrected chi connectivity index (χ0v) is 15.7. The van der Waals surface area contributed by atoms with E-state index in [-0.39, 0.29) is 11.3 Å². The number of methoxy groups -OCH3 is 1. The summed E-state index contributed by atoms with van der Waals surface area (Å²) in [6.07, 6.45) is 8.40. The van der Waals surface area contributed by atoms with Crippen LogP contribution in [0, 0.1) is 11.3 Å². The van der Waals surface area contributed by atoms with Crippen LogP contribution in [0.4, 0.5) is 0 Å². The number of carbonyl (C=O) groups is 1. The van der Waals surface area contributed by atoms with E-state index in [1.165, 1.54) is 0 Å². The molecule has 1 amide bonds. The van der Waals surface area contributed by atoms with Gasteiger partial charge in [-0.25, -0.2) is 4.98 Å². The van der Waals surface area contributed by atoms with Crippen LogP contribution in [0.5, 0.6) is 0 Å². The van der Waals surface area contributed by atoms with Crippen LogP contribution in [-0.4, -0.2) is 65.6 Å². The van der Waals surface area contributed by atoms with Gasteiger partial charge in [-0.2, -0.15) is 0 Å². The number of rotatable bonds is 5. The van der Waals surface area contributed by atoms with Crippen molar-refractivity contribution >= 4 is 5.91 Å². The Morgan fingerprint density at radius 3 is 2.89 bits per heavy atom. The summed E-state index contributed by atoms with van der Waals surface area (Å²) in [7, 11) is 1.77. The van der Waals surface area contributed by atoms with Crippen LogP contribution in [0.2, 0.25) is 0 Å². The number of ether oxygens (including phenoxy) is 1. The zero-order valence-electron chi connectivity index (χ0n) is 15.7.